The average molecular weight is 328 g/mol. The number of rotatable bonds is 1. The minimum atomic E-state index is 1.02. The van der Waals surface area contributed by atoms with Crippen molar-refractivity contribution in [2.75, 3.05) is 11.9 Å². The van der Waals surface area contributed by atoms with Crippen LogP contribution in [0.3, 0.4) is 0 Å². The first-order chi connectivity index (χ1) is 9.72. The first kappa shape index (κ1) is 12.0. The summed E-state index contributed by atoms with van der Waals surface area (Å²) in [5.41, 5.74) is 6.01. The third kappa shape index (κ3) is 1.75. The molecule has 100 valence electrons. The minimum Gasteiger partial charge on any atom is -0.384 e. The minimum absolute atomic E-state index is 1.02. The Morgan fingerprint density at radius 1 is 1.20 bits per heavy atom. The first-order valence-electron chi connectivity index (χ1n) is 6.71. The molecule has 0 saturated carbocycles. The van der Waals surface area contributed by atoms with E-state index in [1.807, 2.05) is 0 Å². The molecular weight excluding hydrogens is 314 g/mol. The van der Waals surface area contributed by atoms with Crippen molar-refractivity contribution in [1.82, 2.24) is 9.55 Å². The number of aromatic nitrogens is 2. The molecule has 3 nitrogen and oxygen atoms in total. The molecule has 3 aromatic rings. The van der Waals surface area contributed by atoms with Gasteiger partial charge in [0.05, 0.1) is 11.0 Å². The topological polar surface area (TPSA) is 29.9 Å². The normalized spacial score (nSPS) is 13.5. The van der Waals surface area contributed by atoms with Gasteiger partial charge in [0.2, 0.25) is 0 Å². The Bertz CT molecular complexity index is 820. The molecule has 0 radical (unpaired) electrons. The van der Waals surface area contributed by atoms with Crippen molar-refractivity contribution in [1.29, 1.82) is 0 Å². The molecule has 0 bridgehead atoms. The Balaban J connectivity index is 1.91. The van der Waals surface area contributed by atoms with Gasteiger partial charge < -0.3 is 9.88 Å². The summed E-state index contributed by atoms with van der Waals surface area (Å²) in [6.07, 6.45) is 1.10. The quantitative estimate of drug-likeness (QED) is 0.732. The number of nitrogens with one attached hydrogen (secondary N) is 1. The fourth-order valence-corrected chi connectivity index (χ4v) is 3.22. The smallest absolute Gasteiger partial charge is 0.140 e. The number of halogens is 1. The lowest BCUT2D eigenvalue weighted by molar-refractivity contribution is 0.959. The number of imidazole rings is 1. The molecule has 1 aromatic heterocycles. The zero-order valence-electron chi connectivity index (χ0n) is 11.2. The number of fused-ring (bicyclic) bond motifs is 2. The molecule has 0 aliphatic carbocycles. The van der Waals surface area contributed by atoms with Gasteiger partial charge >= 0.3 is 0 Å². The number of hydrogen-bond acceptors (Lipinski definition) is 2. The lowest BCUT2D eigenvalue weighted by Crippen LogP contribution is -1.93. The van der Waals surface area contributed by atoms with Crippen LogP contribution in [-0.2, 0) is 13.5 Å². The van der Waals surface area contributed by atoms with Gasteiger partial charge in [-0.25, -0.2) is 4.98 Å². The van der Waals surface area contributed by atoms with E-state index in [1.165, 1.54) is 16.8 Å². The van der Waals surface area contributed by atoms with E-state index in [2.05, 4.69) is 69.3 Å². The Morgan fingerprint density at radius 3 is 3.00 bits per heavy atom. The first-order valence-corrected chi connectivity index (χ1v) is 7.51. The van der Waals surface area contributed by atoms with Crippen molar-refractivity contribution in [3.63, 3.8) is 0 Å². The molecule has 0 saturated heterocycles. The van der Waals surface area contributed by atoms with Crippen LogP contribution < -0.4 is 5.32 Å². The molecule has 0 fully saturated rings. The van der Waals surface area contributed by atoms with Crippen molar-refractivity contribution in [3.05, 3.63) is 46.4 Å². The number of anilines is 1. The summed E-state index contributed by atoms with van der Waals surface area (Å²) in [6, 6.07) is 12.8. The molecular formula is C16H14BrN3. The van der Waals surface area contributed by atoms with Crippen LogP contribution in [0, 0.1) is 0 Å². The van der Waals surface area contributed by atoms with Gasteiger partial charge in [0, 0.05) is 29.3 Å². The maximum absolute atomic E-state index is 4.78. The molecule has 4 heteroatoms. The predicted octanol–water partition coefficient (Wildman–Crippen LogP) is 3.97. The molecule has 1 N–H and O–H groups in total. The lowest BCUT2D eigenvalue weighted by atomic mass is 10.1. The van der Waals surface area contributed by atoms with E-state index in [4.69, 9.17) is 4.98 Å². The number of hydrogen-bond donors (Lipinski definition) is 1. The van der Waals surface area contributed by atoms with Crippen LogP contribution in [0.1, 0.15) is 5.56 Å². The maximum Gasteiger partial charge on any atom is 0.140 e. The summed E-state index contributed by atoms with van der Waals surface area (Å²) in [7, 11) is 2.07. The molecule has 4 rings (SSSR count). The lowest BCUT2D eigenvalue weighted by Gasteiger charge is -2.05. The zero-order chi connectivity index (χ0) is 13.7. The van der Waals surface area contributed by atoms with E-state index >= 15 is 0 Å². The van der Waals surface area contributed by atoms with Crippen molar-refractivity contribution in [2.45, 2.75) is 6.42 Å². The van der Waals surface area contributed by atoms with Crippen LogP contribution in [0.15, 0.2) is 40.9 Å². The van der Waals surface area contributed by atoms with Crippen molar-refractivity contribution >= 4 is 32.7 Å². The van der Waals surface area contributed by atoms with Gasteiger partial charge in [-0.15, -0.1) is 0 Å². The summed E-state index contributed by atoms with van der Waals surface area (Å²) >= 11 is 3.51. The van der Waals surface area contributed by atoms with Crippen molar-refractivity contribution < 1.29 is 0 Å². The SMILES string of the molecule is Cn1c(-c2ccc3c(c2)CCN3)nc2cc(Br)ccc21. The molecule has 0 amide bonds. The van der Waals surface area contributed by atoms with E-state index in [-0.39, 0.29) is 0 Å². The van der Waals surface area contributed by atoms with E-state index in [1.54, 1.807) is 0 Å². The molecule has 0 unspecified atom stereocenters. The number of nitrogens with zero attached hydrogens (tertiary/aromatic N) is 2. The average Bonchev–Trinajstić information content (AvgIpc) is 3.02. The van der Waals surface area contributed by atoms with Crippen LogP contribution in [0.5, 0.6) is 0 Å². The maximum atomic E-state index is 4.78. The molecule has 0 atom stereocenters. The Hall–Kier alpha value is -1.81. The summed E-state index contributed by atoms with van der Waals surface area (Å²) in [5.74, 6) is 1.02. The molecule has 20 heavy (non-hydrogen) atoms. The summed E-state index contributed by atoms with van der Waals surface area (Å²) in [4.78, 5) is 4.78. The van der Waals surface area contributed by atoms with Crippen LogP contribution in [0.25, 0.3) is 22.4 Å². The fourth-order valence-electron chi connectivity index (χ4n) is 2.88. The highest BCUT2D eigenvalue weighted by Crippen LogP contribution is 2.30. The van der Waals surface area contributed by atoms with E-state index in [9.17, 15) is 0 Å². The molecule has 2 heterocycles. The zero-order valence-corrected chi connectivity index (χ0v) is 12.7. The van der Waals surface area contributed by atoms with Gasteiger partial charge in [0.1, 0.15) is 5.82 Å². The fraction of sp³-hybridized carbons (Fsp3) is 0.188. The number of benzene rings is 2. The van der Waals surface area contributed by atoms with Gasteiger partial charge in [-0.2, -0.15) is 0 Å². The Labute approximate surface area is 125 Å². The summed E-state index contributed by atoms with van der Waals surface area (Å²) in [5, 5.41) is 3.39. The molecule has 0 spiro atoms. The van der Waals surface area contributed by atoms with Gasteiger partial charge in [-0.1, -0.05) is 15.9 Å². The highest BCUT2D eigenvalue weighted by Gasteiger charge is 2.14. The van der Waals surface area contributed by atoms with Crippen LogP contribution in [-0.4, -0.2) is 16.1 Å². The monoisotopic (exact) mass is 327 g/mol. The van der Waals surface area contributed by atoms with E-state index < -0.39 is 0 Å². The molecule has 1 aliphatic rings. The Kier molecular flexibility index (Phi) is 2.60. The molecule has 1 aliphatic heterocycles. The summed E-state index contributed by atoms with van der Waals surface area (Å²) < 4.78 is 3.22. The second-order valence-corrected chi connectivity index (χ2v) is 6.09. The van der Waals surface area contributed by atoms with Gasteiger partial charge in [-0.3, -0.25) is 0 Å². The summed E-state index contributed by atoms with van der Waals surface area (Å²) in [6.45, 7) is 1.04. The largest absolute Gasteiger partial charge is 0.384 e. The van der Waals surface area contributed by atoms with Gasteiger partial charge in [-0.05, 0) is 48.4 Å². The molecule has 2 aromatic carbocycles. The van der Waals surface area contributed by atoms with E-state index in [0.29, 0.717) is 0 Å². The van der Waals surface area contributed by atoms with Gasteiger partial charge in [0.25, 0.3) is 0 Å². The Morgan fingerprint density at radius 2 is 2.10 bits per heavy atom. The second-order valence-electron chi connectivity index (χ2n) is 5.18. The van der Waals surface area contributed by atoms with Crippen molar-refractivity contribution in [3.8, 4) is 11.4 Å². The van der Waals surface area contributed by atoms with Crippen LogP contribution in [0.4, 0.5) is 5.69 Å². The predicted molar refractivity (Wildman–Crippen MR) is 86.0 cm³/mol. The van der Waals surface area contributed by atoms with Crippen LogP contribution >= 0.6 is 15.9 Å². The standard InChI is InChI=1S/C16H14BrN3/c1-20-15-5-3-12(17)9-14(15)19-16(20)11-2-4-13-10(8-11)6-7-18-13/h2-5,8-9,18H,6-7H2,1H3. The third-order valence-electron chi connectivity index (χ3n) is 3.92. The highest BCUT2D eigenvalue weighted by molar-refractivity contribution is 9.10. The van der Waals surface area contributed by atoms with Crippen molar-refractivity contribution in [2.24, 2.45) is 7.05 Å². The number of aryl methyl sites for hydroxylation is 1. The van der Waals surface area contributed by atoms with Crippen LogP contribution in [0.2, 0.25) is 0 Å². The second kappa shape index (κ2) is 4.35. The highest BCUT2D eigenvalue weighted by atomic mass is 79.9. The van der Waals surface area contributed by atoms with E-state index in [0.717, 1.165) is 34.3 Å². The van der Waals surface area contributed by atoms with Gasteiger partial charge in [0.15, 0.2) is 0 Å². The third-order valence-corrected chi connectivity index (χ3v) is 4.41.